The number of benzene rings is 2. The molecule has 0 atom stereocenters. The summed E-state index contributed by atoms with van der Waals surface area (Å²) in [4.78, 5) is 23.7. The predicted octanol–water partition coefficient (Wildman–Crippen LogP) is 2.37. The van der Waals surface area contributed by atoms with Gasteiger partial charge in [-0.05, 0) is 48.9 Å². The number of nitrogens with zero attached hydrogens (tertiary/aromatic N) is 1. The Hall–Kier alpha value is -3.61. The molecule has 0 heterocycles. The number of rotatable bonds is 8. The number of amides is 2. The first-order valence-corrected chi connectivity index (χ1v) is 8.60. The molecule has 0 bridgehead atoms. The number of ether oxygens (including phenoxy) is 2. The Labute approximate surface area is 164 Å². The van der Waals surface area contributed by atoms with Gasteiger partial charge in [0.25, 0.3) is 5.91 Å². The van der Waals surface area contributed by atoms with Crippen LogP contribution < -0.4 is 20.2 Å². The van der Waals surface area contributed by atoms with Gasteiger partial charge in [-0.15, -0.1) is 0 Å². The Morgan fingerprint density at radius 2 is 1.75 bits per heavy atom. The van der Waals surface area contributed by atoms with E-state index in [1.54, 1.807) is 33.3 Å². The molecule has 0 saturated heterocycles. The largest absolute Gasteiger partial charge is 0.497 e. The molecule has 2 aromatic carbocycles. The second kappa shape index (κ2) is 10.5. The number of hydrogen-bond acceptors (Lipinski definition) is 5. The van der Waals surface area contributed by atoms with Crippen LogP contribution in [-0.4, -0.2) is 38.3 Å². The number of nitrogens with one attached hydrogen (secondary N) is 2. The van der Waals surface area contributed by atoms with Gasteiger partial charge in [-0.25, -0.2) is 5.43 Å². The maximum atomic E-state index is 11.9. The van der Waals surface area contributed by atoms with Gasteiger partial charge in [0.15, 0.2) is 0 Å². The van der Waals surface area contributed by atoms with Crippen molar-refractivity contribution in [1.29, 1.82) is 0 Å². The highest BCUT2D eigenvalue weighted by atomic mass is 16.5. The second-order valence-electron chi connectivity index (χ2n) is 5.75. The van der Waals surface area contributed by atoms with E-state index in [0.717, 1.165) is 16.9 Å². The Morgan fingerprint density at radius 3 is 2.43 bits per heavy atom. The van der Waals surface area contributed by atoms with Gasteiger partial charge in [-0.2, -0.15) is 5.10 Å². The van der Waals surface area contributed by atoms with Crippen molar-refractivity contribution in [3.8, 4) is 11.5 Å². The fourth-order valence-electron chi connectivity index (χ4n) is 2.28. The lowest BCUT2D eigenvalue weighted by Crippen LogP contribution is -2.34. The molecular weight excluding hydrogens is 358 g/mol. The van der Waals surface area contributed by atoms with E-state index in [4.69, 9.17) is 9.47 Å². The molecule has 0 aliphatic rings. The smallest absolute Gasteiger partial charge is 0.259 e. The number of para-hydroxylation sites is 1. The molecule has 0 unspecified atom stereocenters. The molecular formula is C21H23N3O4. The Balaban J connectivity index is 1.82. The maximum Gasteiger partial charge on any atom is 0.259 e. The van der Waals surface area contributed by atoms with Crippen LogP contribution in [0.1, 0.15) is 18.1 Å². The highest BCUT2D eigenvalue weighted by Gasteiger charge is 2.04. The van der Waals surface area contributed by atoms with Gasteiger partial charge in [-0.1, -0.05) is 18.2 Å². The zero-order valence-corrected chi connectivity index (χ0v) is 16.1. The lowest BCUT2D eigenvalue weighted by molar-refractivity contribution is -0.123. The quantitative estimate of drug-likeness (QED) is 0.417. The minimum absolute atomic E-state index is 0.186. The SMILES string of the molecule is COc1ccc(/C(C)=N\NC(=O)CNC(=O)/C=C/c2ccccc2OC)cc1. The molecule has 0 aliphatic carbocycles. The summed E-state index contributed by atoms with van der Waals surface area (Å²) < 4.78 is 10.3. The van der Waals surface area contributed by atoms with E-state index in [0.29, 0.717) is 11.5 Å². The summed E-state index contributed by atoms with van der Waals surface area (Å²) in [6.45, 7) is 1.59. The first-order valence-electron chi connectivity index (χ1n) is 8.60. The molecule has 0 aromatic heterocycles. The summed E-state index contributed by atoms with van der Waals surface area (Å²) in [6, 6.07) is 14.6. The Kier molecular flexibility index (Phi) is 7.77. The summed E-state index contributed by atoms with van der Waals surface area (Å²) >= 11 is 0. The fraction of sp³-hybridized carbons (Fsp3) is 0.190. The van der Waals surface area contributed by atoms with E-state index >= 15 is 0 Å². The van der Waals surface area contributed by atoms with Gasteiger partial charge in [0.2, 0.25) is 5.91 Å². The van der Waals surface area contributed by atoms with Crippen molar-refractivity contribution in [3.63, 3.8) is 0 Å². The zero-order valence-electron chi connectivity index (χ0n) is 16.1. The average Bonchev–Trinajstić information content (AvgIpc) is 2.74. The van der Waals surface area contributed by atoms with Crippen LogP contribution in [0.15, 0.2) is 59.7 Å². The van der Waals surface area contributed by atoms with Crippen LogP contribution in [-0.2, 0) is 9.59 Å². The third-order valence-corrected chi connectivity index (χ3v) is 3.83. The maximum absolute atomic E-state index is 11.9. The van der Waals surface area contributed by atoms with Gasteiger partial charge in [0.05, 0.1) is 26.5 Å². The third-order valence-electron chi connectivity index (χ3n) is 3.83. The molecule has 0 saturated carbocycles. The highest BCUT2D eigenvalue weighted by molar-refractivity contribution is 5.99. The van der Waals surface area contributed by atoms with Crippen molar-refractivity contribution >= 4 is 23.6 Å². The zero-order chi connectivity index (χ0) is 20.4. The minimum Gasteiger partial charge on any atom is -0.497 e. The molecule has 2 N–H and O–H groups in total. The number of methoxy groups -OCH3 is 2. The number of hydrogen-bond donors (Lipinski definition) is 2. The first-order chi connectivity index (χ1) is 13.5. The van der Waals surface area contributed by atoms with Gasteiger partial charge >= 0.3 is 0 Å². The van der Waals surface area contributed by atoms with E-state index in [-0.39, 0.29) is 6.54 Å². The van der Waals surface area contributed by atoms with E-state index < -0.39 is 11.8 Å². The average molecular weight is 381 g/mol. The summed E-state index contributed by atoms with van der Waals surface area (Å²) in [5, 5.41) is 6.54. The molecule has 0 fully saturated rings. The summed E-state index contributed by atoms with van der Waals surface area (Å²) in [7, 11) is 3.15. The predicted molar refractivity (Wildman–Crippen MR) is 108 cm³/mol. The van der Waals surface area contributed by atoms with Crippen molar-refractivity contribution in [3.05, 3.63) is 65.7 Å². The van der Waals surface area contributed by atoms with E-state index in [2.05, 4.69) is 15.8 Å². The monoisotopic (exact) mass is 381 g/mol. The second-order valence-corrected chi connectivity index (χ2v) is 5.75. The summed E-state index contributed by atoms with van der Waals surface area (Å²) in [5.74, 6) is 0.584. The van der Waals surface area contributed by atoms with Crippen LogP contribution in [0.2, 0.25) is 0 Å². The van der Waals surface area contributed by atoms with Gasteiger partial charge in [0.1, 0.15) is 11.5 Å². The summed E-state index contributed by atoms with van der Waals surface area (Å²) in [5.41, 5.74) is 4.67. The standard InChI is InChI=1S/C21H23N3O4/c1-15(16-8-11-18(27-2)12-9-16)23-24-21(26)14-22-20(25)13-10-17-6-4-5-7-19(17)28-3/h4-13H,14H2,1-3H3,(H,22,25)(H,24,26)/b13-10+,23-15-. The molecule has 0 aliphatic heterocycles. The van der Waals surface area contributed by atoms with Crippen LogP contribution in [0.3, 0.4) is 0 Å². The Morgan fingerprint density at radius 1 is 1.04 bits per heavy atom. The molecule has 2 rings (SSSR count). The minimum atomic E-state index is -0.424. The molecule has 7 heteroatoms. The molecule has 0 radical (unpaired) electrons. The van der Waals surface area contributed by atoms with Crippen LogP contribution >= 0.6 is 0 Å². The topological polar surface area (TPSA) is 89.0 Å². The van der Waals surface area contributed by atoms with Crippen LogP contribution in [0.25, 0.3) is 6.08 Å². The molecule has 28 heavy (non-hydrogen) atoms. The normalized spacial score (nSPS) is 11.2. The molecule has 2 amide bonds. The van der Waals surface area contributed by atoms with Gasteiger partial charge in [0, 0.05) is 11.6 Å². The highest BCUT2D eigenvalue weighted by Crippen LogP contribution is 2.18. The van der Waals surface area contributed by atoms with Crippen molar-refractivity contribution in [2.24, 2.45) is 5.10 Å². The van der Waals surface area contributed by atoms with Crippen molar-refractivity contribution in [1.82, 2.24) is 10.7 Å². The van der Waals surface area contributed by atoms with Crippen LogP contribution in [0.4, 0.5) is 0 Å². The lowest BCUT2D eigenvalue weighted by atomic mass is 10.1. The third kappa shape index (κ3) is 6.28. The van der Waals surface area contributed by atoms with E-state index in [1.165, 1.54) is 6.08 Å². The van der Waals surface area contributed by atoms with Crippen molar-refractivity contribution in [2.75, 3.05) is 20.8 Å². The lowest BCUT2D eigenvalue weighted by Gasteiger charge is -2.05. The number of carbonyl (C=O) groups is 2. The van der Waals surface area contributed by atoms with Crippen molar-refractivity contribution in [2.45, 2.75) is 6.92 Å². The Bertz CT molecular complexity index is 873. The molecule has 146 valence electrons. The van der Waals surface area contributed by atoms with Crippen LogP contribution in [0, 0.1) is 0 Å². The number of carbonyl (C=O) groups excluding carboxylic acids is 2. The molecule has 2 aromatic rings. The van der Waals surface area contributed by atoms with Gasteiger partial charge < -0.3 is 14.8 Å². The van der Waals surface area contributed by atoms with Gasteiger partial charge in [-0.3, -0.25) is 9.59 Å². The van der Waals surface area contributed by atoms with Crippen molar-refractivity contribution < 1.29 is 19.1 Å². The molecule has 7 nitrogen and oxygen atoms in total. The van der Waals surface area contributed by atoms with Crippen LogP contribution in [0.5, 0.6) is 11.5 Å². The van der Waals surface area contributed by atoms with E-state index in [9.17, 15) is 9.59 Å². The number of hydrazone groups is 1. The van der Waals surface area contributed by atoms with E-state index in [1.807, 2.05) is 42.5 Å². The first kappa shape index (κ1) is 20.7. The molecule has 0 spiro atoms. The summed E-state index contributed by atoms with van der Waals surface area (Å²) in [6.07, 6.45) is 2.97. The fourth-order valence-corrected chi connectivity index (χ4v) is 2.28.